The van der Waals surface area contributed by atoms with E-state index in [0.29, 0.717) is 12.0 Å². The number of aliphatic hydroxyl groups excluding tert-OH is 1. The molecule has 1 aromatic heterocycles. The minimum atomic E-state index is 0.245. The van der Waals surface area contributed by atoms with E-state index in [1.165, 1.54) is 30.5 Å². The molecule has 0 spiro atoms. The zero-order valence-corrected chi connectivity index (χ0v) is 14.9. The molecule has 25 heavy (non-hydrogen) atoms. The highest BCUT2D eigenvalue weighted by molar-refractivity contribution is 5.62. The summed E-state index contributed by atoms with van der Waals surface area (Å²) >= 11 is 0. The largest absolute Gasteiger partial charge is 0.395 e. The maximum Gasteiger partial charge on any atom is 0.0593 e. The second-order valence-corrected chi connectivity index (χ2v) is 7.41. The van der Waals surface area contributed by atoms with E-state index >= 15 is 0 Å². The van der Waals surface area contributed by atoms with Gasteiger partial charge in [0.25, 0.3) is 0 Å². The normalized spacial score (nSPS) is 27.8. The van der Waals surface area contributed by atoms with E-state index < -0.39 is 0 Å². The summed E-state index contributed by atoms with van der Waals surface area (Å²) in [4.78, 5) is 9.18. The van der Waals surface area contributed by atoms with Crippen LogP contribution in [0.1, 0.15) is 24.3 Å². The van der Waals surface area contributed by atoms with Gasteiger partial charge in [0.05, 0.1) is 6.61 Å². The summed E-state index contributed by atoms with van der Waals surface area (Å²) in [6, 6.07) is 13.7. The number of benzene rings is 1. The third kappa shape index (κ3) is 3.22. The molecule has 1 aromatic carbocycles. The van der Waals surface area contributed by atoms with Crippen molar-refractivity contribution in [3.8, 4) is 11.1 Å². The zero-order chi connectivity index (χ0) is 17.2. The molecule has 4 heteroatoms. The fourth-order valence-corrected chi connectivity index (χ4v) is 4.54. The van der Waals surface area contributed by atoms with E-state index in [1.54, 1.807) is 6.20 Å². The van der Waals surface area contributed by atoms with Gasteiger partial charge in [-0.1, -0.05) is 30.3 Å². The molecule has 2 saturated heterocycles. The highest BCUT2D eigenvalue weighted by Crippen LogP contribution is 2.42. The Morgan fingerprint density at radius 3 is 2.60 bits per heavy atom. The van der Waals surface area contributed by atoms with Crippen molar-refractivity contribution in [1.82, 2.24) is 14.8 Å². The standard InChI is InChI=1S/C21H27N3O/c1-23-11-2-3-12-24-19(14-23)21(20(24)15-25)17-8-6-16(7-9-17)18-5-4-10-22-13-18/h4-10,13,19-21,25H,2-3,11-12,14-15H2,1H3/t19-,20+,21-/m0/s1. The first-order chi connectivity index (χ1) is 12.3. The van der Waals surface area contributed by atoms with Crippen LogP contribution in [-0.2, 0) is 0 Å². The molecule has 4 rings (SSSR count). The summed E-state index contributed by atoms with van der Waals surface area (Å²) < 4.78 is 0. The van der Waals surface area contributed by atoms with Crippen LogP contribution in [0.4, 0.5) is 0 Å². The van der Waals surface area contributed by atoms with Crippen LogP contribution in [0.3, 0.4) is 0 Å². The lowest BCUT2D eigenvalue weighted by molar-refractivity contribution is -0.0614. The number of nitrogens with zero attached hydrogens (tertiary/aromatic N) is 3. The molecular formula is C21H27N3O. The van der Waals surface area contributed by atoms with Crippen LogP contribution in [-0.4, -0.2) is 65.3 Å². The Balaban J connectivity index is 1.57. The van der Waals surface area contributed by atoms with Crippen LogP contribution in [0, 0.1) is 0 Å². The van der Waals surface area contributed by atoms with Crippen LogP contribution in [0.5, 0.6) is 0 Å². The van der Waals surface area contributed by atoms with Crippen LogP contribution >= 0.6 is 0 Å². The second-order valence-electron chi connectivity index (χ2n) is 7.41. The Labute approximate surface area is 150 Å². The summed E-state index contributed by atoms with van der Waals surface area (Å²) in [5, 5.41) is 9.95. The molecule has 1 N–H and O–H groups in total. The van der Waals surface area contributed by atoms with Gasteiger partial charge in [-0.2, -0.15) is 0 Å². The van der Waals surface area contributed by atoms with Crippen molar-refractivity contribution in [2.45, 2.75) is 30.8 Å². The maximum absolute atomic E-state index is 9.95. The molecule has 2 aliphatic rings. The Kier molecular flexibility index (Phi) is 4.84. The lowest BCUT2D eigenvalue weighted by Crippen LogP contribution is -2.67. The van der Waals surface area contributed by atoms with Gasteiger partial charge in [-0.15, -0.1) is 0 Å². The number of likely N-dealkylation sites (N-methyl/N-ethyl adjacent to an activating group) is 1. The predicted octanol–water partition coefficient (Wildman–Crippen LogP) is 2.60. The number of fused-ring (bicyclic) bond motifs is 1. The van der Waals surface area contributed by atoms with Gasteiger partial charge in [0.2, 0.25) is 0 Å². The molecule has 0 saturated carbocycles. The van der Waals surface area contributed by atoms with Crippen LogP contribution in [0.2, 0.25) is 0 Å². The zero-order valence-electron chi connectivity index (χ0n) is 14.9. The summed E-state index contributed by atoms with van der Waals surface area (Å²) in [6.45, 7) is 3.63. The van der Waals surface area contributed by atoms with E-state index in [9.17, 15) is 5.11 Å². The molecule has 0 unspecified atom stereocenters. The third-order valence-electron chi connectivity index (χ3n) is 5.86. The van der Waals surface area contributed by atoms with Crippen molar-refractivity contribution in [3.05, 3.63) is 54.4 Å². The van der Waals surface area contributed by atoms with Gasteiger partial charge >= 0.3 is 0 Å². The second kappa shape index (κ2) is 7.24. The van der Waals surface area contributed by atoms with Gasteiger partial charge in [0.1, 0.15) is 0 Å². The molecule has 0 aliphatic carbocycles. The molecule has 3 heterocycles. The summed E-state index contributed by atoms with van der Waals surface area (Å²) in [6.07, 6.45) is 6.19. The molecule has 3 atom stereocenters. The number of pyridine rings is 1. The highest BCUT2D eigenvalue weighted by Gasteiger charge is 2.48. The van der Waals surface area contributed by atoms with Crippen LogP contribution in [0.15, 0.2) is 48.8 Å². The topological polar surface area (TPSA) is 39.6 Å². The van der Waals surface area contributed by atoms with Crippen molar-refractivity contribution in [2.24, 2.45) is 0 Å². The van der Waals surface area contributed by atoms with Gasteiger partial charge in [-0.05, 0) is 55.7 Å². The molecule has 0 bridgehead atoms. The van der Waals surface area contributed by atoms with E-state index in [2.05, 4.69) is 52.2 Å². The van der Waals surface area contributed by atoms with E-state index in [1.807, 2.05) is 12.3 Å². The number of rotatable bonds is 3. The molecule has 2 aliphatic heterocycles. The number of aromatic nitrogens is 1. The molecule has 132 valence electrons. The molecule has 2 fully saturated rings. The first-order valence-corrected chi connectivity index (χ1v) is 9.33. The minimum absolute atomic E-state index is 0.245. The third-order valence-corrected chi connectivity index (χ3v) is 5.86. The SMILES string of the molecule is CN1CCCCN2[C@H](CO)[C@@H](c3ccc(-c4cccnc4)cc3)[C@@H]2C1. The fraction of sp³-hybridized carbons (Fsp3) is 0.476. The molecule has 4 nitrogen and oxygen atoms in total. The molecule has 0 radical (unpaired) electrons. The quantitative estimate of drug-likeness (QED) is 0.934. The Morgan fingerprint density at radius 1 is 1.08 bits per heavy atom. The Morgan fingerprint density at radius 2 is 1.88 bits per heavy atom. The predicted molar refractivity (Wildman–Crippen MR) is 101 cm³/mol. The number of hydrogen-bond donors (Lipinski definition) is 1. The summed E-state index contributed by atoms with van der Waals surface area (Å²) in [5.41, 5.74) is 3.69. The van der Waals surface area contributed by atoms with Gasteiger partial charge < -0.3 is 10.0 Å². The summed E-state index contributed by atoms with van der Waals surface area (Å²) in [5.74, 6) is 0.425. The van der Waals surface area contributed by atoms with Gasteiger partial charge in [0.15, 0.2) is 0 Å². The van der Waals surface area contributed by atoms with Crippen LogP contribution < -0.4 is 0 Å². The minimum Gasteiger partial charge on any atom is -0.395 e. The molecular weight excluding hydrogens is 310 g/mol. The van der Waals surface area contributed by atoms with Gasteiger partial charge in [-0.3, -0.25) is 9.88 Å². The Bertz CT molecular complexity index is 688. The maximum atomic E-state index is 9.95. The average molecular weight is 337 g/mol. The average Bonchev–Trinajstić information content (AvgIpc) is 2.64. The lowest BCUT2D eigenvalue weighted by atomic mass is 9.74. The first-order valence-electron chi connectivity index (χ1n) is 9.33. The van der Waals surface area contributed by atoms with E-state index in [0.717, 1.165) is 18.7 Å². The Hall–Kier alpha value is -1.75. The van der Waals surface area contributed by atoms with Crippen LogP contribution in [0.25, 0.3) is 11.1 Å². The monoisotopic (exact) mass is 337 g/mol. The molecule has 0 amide bonds. The van der Waals surface area contributed by atoms with Crippen molar-refractivity contribution in [1.29, 1.82) is 0 Å². The molecule has 2 aromatic rings. The van der Waals surface area contributed by atoms with Gasteiger partial charge in [0, 0.05) is 36.9 Å². The number of hydrogen-bond acceptors (Lipinski definition) is 4. The lowest BCUT2D eigenvalue weighted by Gasteiger charge is -2.57. The van der Waals surface area contributed by atoms with Crippen molar-refractivity contribution in [2.75, 3.05) is 33.3 Å². The van der Waals surface area contributed by atoms with E-state index in [-0.39, 0.29) is 12.6 Å². The van der Waals surface area contributed by atoms with Crippen molar-refractivity contribution < 1.29 is 5.11 Å². The van der Waals surface area contributed by atoms with Crippen molar-refractivity contribution in [3.63, 3.8) is 0 Å². The summed E-state index contributed by atoms with van der Waals surface area (Å²) in [7, 11) is 2.22. The first kappa shape index (κ1) is 16.7. The van der Waals surface area contributed by atoms with E-state index in [4.69, 9.17) is 0 Å². The number of aliphatic hydroxyl groups is 1. The smallest absolute Gasteiger partial charge is 0.0593 e. The van der Waals surface area contributed by atoms with Crippen molar-refractivity contribution >= 4 is 0 Å². The fourth-order valence-electron chi connectivity index (χ4n) is 4.54. The van der Waals surface area contributed by atoms with Gasteiger partial charge in [-0.25, -0.2) is 0 Å². The highest BCUT2D eigenvalue weighted by atomic mass is 16.3.